The summed E-state index contributed by atoms with van der Waals surface area (Å²) in [5.74, 6) is 0.490. The molecule has 0 bridgehead atoms. The molecule has 0 aliphatic rings. The summed E-state index contributed by atoms with van der Waals surface area (Å²) in [5, 5.41) is 4.34. The third kappa shape index (κ3) is 5.31. The van der Waals surface area contributed by atoms with Crippen LogP contribution in [0.2, 0.25) is 0 Å². The number of aromatic nitrogens is 5. The van der Waals surface area contributed by atoms with Gasteiger partial charge in [-0.25, -0.2) is 15.0 Å². The molecule has 0 saturated heterocycles. The highest BCUT2D eigenvalue weighted by Gasteiger charge is 2.20. The number of aryl methyl sites for hydroxylation is 3. The van der Waals surface area contributed by atoms with Crippen LogP contribution in [0.25, 0.3) is 22.4 Å². The molecule has 0 radical (unpaired) electrons. The van der Waals surface area contributed by atoms with E-state index in [-0.39, 0.29) is 5.91 Å². The minimum Gasteiger partial charge on any atom is -0.375 e. The highest BCUT2D eigenvalue weighted by atomic mass is 16.5. The van der Waals surface area contributed by atoms with Gasteiger partial charge in [0.15, 0.2) is 5.82 Å². The minimum atomic E-state index is -0.138. The number of rotatable bonds is 8. The lowest BCUT2D eigenvalue weighted by Crippen LogP contribution is -2.29. The van der Waals surface area contributed by atoms with Crippen LogP contribution in [0.4, 0.5) is 5.69 Å². The normalized spacial score (nSPS) is 11.2. The van der Waals surface area contributed by atoms with Crippen molar-refractivity contribution in [2.75, 3.05) is 18.6 Å². The maximum atomic E-state index is 13.4. The fourth-order valence-electron chi connectivity index (χ4n) is 4.55. The van der Waals surface area contributed by atoms with Crippen LogP contribution in [0, 0.1) is 20.8 Å². The van der Waals surface area contributed by atoms with Gasteiger partial charge in [0.05, 0.1) is 31.5 Å². The Bertz CT molecular complexity index is 1600. The second kappa shape index (κ2) is 10.9. The van der Waals surface area contributed by atoms with E-state index in [9.17, 15) is 4.79 Å². The van der Waals surface area contributed by atoms with E-state index in [1.807, 2.05) is 75.4 Å². The van der Waals surface area contributed by atoms with Crippen molar-refractivity contribution in [3.8, 4) is 11.4 Å². The molecule has 0 saturated carbocycles. The van der Waals surface area contributed by atoms with Gasteiger partial charge in [0.25, 0.3) is 5.91 Å². The molecule has 0 aliphatic carbocycles. The maximum absolute atomic E-state index is 13.4. The summed E-state index contributed by atoms with van der Waals surface area (Å²) in [7, 11) is 1.78. The number of ether oxygens (including phenoxy) is 1. The molecule has 1 amide bonds. The molecule has 5 rings (SSSR count). The summed E-state index contributed by atoms with van der Waals surface area (Å²) in [4.78, 5) is 28.9. The number of hydrogen-bond acceptors (Lipinski definition) is 6. The van der Waals surface area contributed by atoms with E-state index < -0.39 is 0 Å². The molecule has 8 heteroatoms. The van der Waals surface area contributed by atoms with Gasteiger partial charge < -0.3 is 9.64 Å². The lowest BCUT2D eigenvalue weighted by molar-refractivity contribution is 0.0961. The molecule has 0 atom stereocenters. The average Bonchev–Trinajstić information content (AvgIpc) is 3.39. The van der Waals surface area contributed by atoms with Gasteiger partial charge in [-0.2, -0.15) is 5.10 Å². The van der Waals surface area contributed by atoms with Crippen LogP contribution in [-0.4, -0.2) is 44.3 Å². The predicted molar refractivity (Wildman–Crippen MR) is 148 cm³/mol. The van der Waals surface area contributed by atoms with Gasteiger partial charge in [0.1, 0.15) is 11.2 Å². The molecular weight excluding hydrogens is 476 g/mol. The van der Waals surface area contributed by atoms with E-state index in [2.05, 4.69) is 15.1 Å². The number of nitrogens with zero attached hydrogens (tertiary/aromatic N) is 6. The Morgan fingerprint density at radius 1 is 0.974 bits per heavy atom. The standard InChI is InChI=1S/C30H30N6O2/c1-20-17-24(29-31-18-25-28(34-29)21(2)16-22(3)33-25)10-11-26(20)35(4)30(37)27-12-13-32-36(27)14-15-38-19-23-8-6-5-7-9-23/h5-13,16-18H,14-15,19H2,1-4H3. The Labute approximate surface area is 222 Å². The number of anilines is 1. The third-order valence-corrected chi connectivity index (χ3v) is 6.48. The molecular formula is C30H30N6O2. The van der Waals surface area contributed by atoms with E-state index in [0.717, 1.165) is 44.7 Å². The number of hydrogen-bond donors (Lipinski definition) is 0. The van der Waals surface area contributed by atoms with Gasteiger partial charge in [-0.05, 0) is 67.8 Å². The first-order valence-corrected chi connectivity index (χ1v) is 12.5. The van der Waals surface area contributed by atoms with Gasteiger partial charge in [-0.1, -0.05) is 30.3 Å². The van der Waals surface area contributed by atoms with E-state index in [1.54, 1.807) is 35.1 Å². The maximum Gasteiger partial charge on any atom is 0.276 e. The van der Waals surface area contributed by atoms with Gasteiger partial charge in [-0.3, -0.25) is 9.48 Å². The molecule has 8 nitrogen and oxygen atoms in total. The molecule has 5 aromatic rings. The monoisotopic (exact) mass is 506 g/mol. The van der Waals surface area contributed by atoms with E-state index in [0.29, 0.717) is 31.3 Å². The van der Waals surface area contributed by atoms with Gasteiger partial charge in [0.2, 0.25) is 0 Å². The molecule has 3 heterocycles. The Morgan fingerprint density at radius 3 is 2.58 bits per heavy atom. The summed E-state index contributed by atoms with van der Waals surface area (Å²) in [6.45, 7) is 7.44. The van der Waals surface area contributed by atoms with Crippen LogP contribution in [0.1, 0.15) is 32.9 Å². The highest BCUT2D eigenvalue weighted by molar-refractivity contribution is 6.05. The first-order valence-electron chi connectivity index (χ1n) is 12.5. The van der Waals surface area contributed by atoms with E-state index >= 15 is 0 Å². The summed E-state index contributed by atoms with van der Waals surface area (Å²) >= 11 is 0. The Hall–Kier alpha value is -4.43. The molecule has 0 fully saturated rings. The summed E-state index contributed by atoms with van der Waals surface area (Å²) < 4.78 is 7.47. The van der Waals surface area contributed by atoms with Crippen LogP contribution < -0.4 is 4.90 Å². The lowest BCUT2D eigenvalue weighted by Gasteiger charge is -2.20. The number of pyridine rings is 1. The van der Waals surface area contributed by atoms with Crippen LogP contribution in [0.15, 0.2) is 73.1 Å². The third-order valence-electron chi connectivity index (χ3n) is 6.48. The Kier molecular flexibility index (Phi) is 7.24. The van der Waals surface area contributed by atoms with Gasteiger partial charge in [0, 0.05) is 30.2 Å². The second-order valence-corrected chi connectivity index (χ2v) is 9.35. The van der Waals surface area contributed by atoms with Crippen molar-refractivity contribution in [3.05, 3.63) is 101 Å². The van der Waals surface area contributed by atoms with E-state index in [1.165, 1.54) is 0 Å². The van der Waals surface area contributed by atoms with Crippen molar-refractivity contribution in [2.45, 2.75) is 33.9 Å². The number of amides is 1. The first kappa shape index (κ1) is 25.2. The molecule has 38 heavy (non-hydrogen) atoms. The highest BCUT2D eigenvalue weighted by Crippen LogP contribution is 2.27. The van der Waals surface area contributed by atoms with Gasteiger partial charge in [-0.15, -0.1) is 0 Å². The SMILES string of the molecule is Cc1cc(C)c2nc(-c3ccc(N(C)C(=O)c4ccnn4CCOCc4ccccc4)c(C)c3)ncc2n1. The van der Waals surface area contributed by atoms with Crippen LogP contribution in [0.3, 0.4) is 0 Å². The predicted octanol–water partition coefficient (Wildman–Crippen LogP) is 5.31. The molecule has 2 aromatic carbocycles. The zero-order chi connectivity index (χ0) is 26.6. The van der Waals surface area contributed by atoms with Crippen molar-refractivity contribution in [2.24, 2.45) is 0 Å². The average molecular weight is 507 g/mol. The largest absolute Gasteiger partial charge is 0.375 e. The fourth-order valence-corrected chi connectivity index (χ4v) is 4.55. The first-order chi connectivity index (χ1) is 18.4. The number of benzene rings is 2. The zero-order valence-electron chi connectivity index (χ0n) is 22.0. The number of fused-ring (bicyclic) bond motifs is 1. The van der Waals surface area contributed by atoms with Gasteiger partial charge >= 0.3 is 0 Å². The topological polar surface area (TPSA) is 86.0 Å². The molecule has 0 spiro atoms. The zero-order valence-corrected chi connectivity index (χ0v) is 22.0. The van der Waals surface area contributed by atoms with Crippen molar-refractivity contribution < 1.29 is 9.53 Å². The lowest BCUT2D eigenvalue weighted by atomic mass is 10.1. The van der Waals surface area contributed by atoms with Crippen molar-refractivity contribution in [1.82, 2.24) is 24.7 Å². The summed E-state index contributed by atoms with van der Waals surface area (Å²) in [5.41, 5.74) is 7.89. The Morgan fingerprint density at radius 2 is 1.79 bits per heavy atom. The number of carbonyl (C=O) groups excluding carboxylic acids is 1. The van der Waals surface area contributed by atoms with Crippen molar-refractivity contribution in [1.29, 1.82) is 0 Å². The van der Waals surface area contributed by atoms with Crippen molar-refractivity contribution >= 4 is 22.6 Å². The fraction of sp³-hybridized carbons (Fsp3) is 0.233. The molecule has 0 unspecified atom stereocenters. The molecule has 0 N–H and O–H groups in total. The summed E-state index contributed by atoms with van der Waals surface area (Å²) in [6.07, 6.45) is 3.41. The van der Waals surface area contributed by atoms with Crippen molar-refractivity contribution in [3.63, 3.8) is 0 Å². The van der Waals surface area contributed by atoms with E-state index in [4.69, 9.17) is 9.72 Å². The Balaban J connectivity index is 1.29. The van der Waals surface area contributed by atoms with Crippen LogP contribution >= 0.6 is 0 Å². The summed E-state index contributed by atoms with van der Waals surface area (Å²) in [6, 6.07) is 19.6. The number of carbonyl (C=O) groups is 1. The smallest absolute Gasteiger partial charge is 0.276 e. The van der Waals surface area contributed by atoms with Crippen LogP contribution in [0.5, 0.6) is 0 Å². The molecule has 0 aliphatic heterocycles. The molecule has 3 aromatic heterocycles. The second-order valence-electron chi connectivity index (χ2n) is 9.35. The minimum absolute atomic E-state index is 0.138. The van der Waals surface area contributed by atoms with Crippen LogP contribution in [-0.2, 0) is 17.9 Å². The quantitative estimate of drug-likeness (QED) is 0.265. The molecule has 192 valence electrons.